The molecular formula is C27H34N2O4. The van der Waals surface area contributed by atoms with Crippen molar-refractivity contribution in [3.05, 3.63) is 83.6 Å². The average molecular weight is 451 g/mol. The second kappa shape index (κ2) is 12.0. The number of allylic oxidation sites excluding steroid dienone is 1. The largest absolute Gasteiger partial charge is 0.459 e. The number of carbonyl (C=O) groups excluding carboxylic acids is 1. The van der Waals surface area contributed by atoms with E-state index >= 15 is 0 Å². The maximum atomic E-state index is 13.3. The molecule has 0 unspecified atom stereocenters. The van der Waals surface area contributed by atoms with Crippen LogP contribution >= 0.6 is 0 Å². The smallest absolute Gasteiger partial charge is 0.288 e. The lowest BCUT2D eigenvalue weighted by molar-refractivity contribution is -0.154. The number of hydrogen-bond donors (Lipinski definition) is 1. The molecule has 176 valence electrons. The number of benzene rings is 2. The van der Waals surface area contributed by atoms with Crippen LogP contribution in [0.15, 0.2) is 72.5 Å². The van der Waals surface area contributed by atoms with Crippen LogP contribution in [0.4, 0.5) is 0 Å². The van der Waals surface area contributed by atoms with Crippen molar-refractivity contribution >= 4 is 5.91 Å². The Morgan fingerprint density at radius 2 is 1.67 bits per heavy atom. The summed E-state index contributed by atoms with van der Waals surface area (Å²) in [7, 11) is 0. The third-order valence-corrected chi connectivity index (χ3v) is 6.26. The number of aliphatic hydroxyl groups excluding tert-OH is 1. The fourth-order valence-electron chi connectivity index (χ4n) is 4.38. The second-order valence-electron chi connectivity index (χ2n) is 8.69. The standard InChI is InChI=1S/C27H34N2O4/c30-17-7-8-18-32-26-20-24(23-11-5-2-6-12-23)19-25(33-26)27(31)29-15-13-28(14-16-29)21-22-9-3-1-4-10-22/h1-6,9-12,19,24,26,30H,7-8,13-18,20-21H2/t24-,26+/m0/s1. The minimum atomic E-state index is -0.461. The number of rotatable bonds is 9. The molecule has 2 atom stereocenters. The molecule has 0 radical (unpaired) electrons. The number of ether oxygens (including phenoxy) is 2. The van der Waals surface area contributed by atoms with Crippen LogP contribution in [-0.2, 0) is 20.8 Å². The number of amides is 1. The van der Waals surface area contributed by atoms with Crippen LogP contribution in [0, 0.1) is 0 Å². The first-order valence-electron chi connectivity index (χ1n) is 11.9. The summed E-state index contributed by atoms with van der Waals surface area (Å²) in [5, 5.41) is 9.00. The van der Waals surface area contributed by atoms with Gasteiger partial charge in [0.05, 0.1) is 6.61 Å². The van der Waals surface area contributed by atoms with Crippen molar-refractivity contribution in [3.8, 4) is 0 Å². The number of carbonyl (C=O) groups is 1. The molecule has 6 nitrogen and oxygen atoms in total. The predicted molar refractivity (Wildman–Crippen MR) is 127 cm³/mol. The molecule has 0 spiro atoms. The number of nitrogens with zero attached hydrogens (tertiary/aromatic N) is 2. The third-order valence-electron chi connectivity index (χ3n) is 6.26. The van der Waals surface area contributed by atoms with E-state index in [4.69, 9.17) is 14.6 Å². The molecule has 1 fully saturated rings. The molecule has 2 aliphatic heterocycles. The van der Waals surface area contributed by atoms with Crippen LogP contribution in [0.2, 0.25) is 0 Å². The van der Waals surface area contributed by atoms with E-state index in [1.165, 1.54) is 5.56 Å². The van der Waals surface area contributed by atoms with E-state index in [1.807, 2.05) is 35.2 Å². The summed E-state index contributed by atoms with van der Waals surface area (Å²) in [6, 6.07) is 20.6. The molecule has 2 heterocycles. The fraction of sp³-hybridized carbons (Fsp3) is 0.444. The van der Waals surface area contributed by atoms with E-state index in [0.29, 0.717) is 38.3 Å². The zero-order valence-corrected chi connectivity index (χ0v) is 19.1. The van der Waals surface area contributed by atoms with Crippen molar-refractivity contribution in [1.82, 2.24) is 9.80 Å². The van der Waals surface area contributed by atoms with E-state index in [0.717, 1.165) is 31.6 Å². The van der Waals surface area contributed by atoms with Gasteiger partial charge >= 0.3 is 0 Å². The SMILES string of the molecule is O=C(C1=C[C@H](c2ccccc2)C[C@H](OCCCCO)O1)N1CCN(Cc2ccccc2)CC1. The highest BCUT2D eigenvalue weighted by molar-refractivity contribution is 5.92. The summed E-state index contributed by atoms with van der Waals surface area (Å²) in [5.74, 6) is 0.402. The van der Waals surface area contributed by atoms with Crippen LogP contribution in [0.5, 0.6) is 0 Å². The Labute approximate surface area is 196 Å². The van der Waals surface area contributed by atoms with Crippen LogP contribution in [0.1, 0.15) is 36.3 Å². The highest BCUT2D eigenvalue weighted by Crippen LogP contribution is 2.32. The minimum absolute atomic E-state index is 0.0565. The van der Waals surface area contributed by atoms with Gasteiger partial charge in [-0.3, -0.25) is 9.69 Å². The Bertz CT molecular complexity index is 895. The molecule has 2 aromatic carbocycles. The van der Waals surface area contributed by atoms with Crippen LogP contribution < -0.4 is 0 Å². The maximum Gasteiger partial charge on any atom is 0.288 e. The zero-order chi connectivity index (χ0) is 22.9. The average Bonchev–Trinajstić information content (AvgIpc) is 2.88. The first-order chi connectivity index (χ1) is 16.2. The lowest BCUT2D eigenvalue weighted by atomic mass is 9.93. The van der Waals surface area contributed by atoms with Crippen LogP contribution in [-0.4, -0.2) is 66.5 Å². The molecule has 4 rings (SSSR count). The summed E-state index contributed by atoms with van der Waals surface area (Å²) in [5.41, 5.74) is 2.45. The van der Waals surface area contributed by atoms with E-state index in [-0.39, 0.29) is 18.4 Å². The van der Waals surface area contributed by atoms with Crippen molar-refractivity contribution in [2.45, 2.75) is 38.0 Å². The van der Waals surface area contributed by atoms with Gasteiger partial charge in [0.2, 0.25) is 6.29 Å². The summed E-state index contributed by atoms with van der Waals surface area (Å²) < 4.78 is 12.0. The Morgan fingerprint density at radius 1 is 0.970 bits per heavy atom. The Balaban J connectivity index is 1.38. The summed E-state index contributed by atoms with van der Waals surface area (Å²) in [6.45, 7) is 4.62. The first-order valence-corrected chi connectivity index (χ1v) is 11.9. The number of unbranched alkanes of at least 4 members (excludes halogenated alkanes) is 1. The lowest BCUT2D eigenvalue weighted by Crippen LogP contribution is -2.49. The van der Waals surface area contributed by atoms with Gasteiger partial charge in [0.15, 0.2) is 5.76 Å². The van der Waals surface area contributed by atoms with Crippen molar-refractivity contribution in [2.75, 3.05) is 39.4 Å². The van der Waals surface area contributed by atoms with Gasteiger partial charge in [-0.2, -0.15) is 0 Å². The van der Waals surface area contributed by atoms with Gasteiger partial charge in [0.25, 0.3) is 5.91 Å². The molecule has 2 aliphatic rings. The van der Waals surface area contributed by atoms with Gasteiger partial charge in [0.1, 0.15) is 0 Å². The number of hydrogen-bond acceptors (Lipinski definition) is 5. The zero-order valence-electron chi connectivity index (χ0n) is 19.1. The maximum absolute atomic E-state index is 13.3. The second-order valence-corrected chi connectivity index (χ2v) is 8.69. The van der Waals surface area contributed by atoms with Crippen molar-refractivity contribution in [2.24, 2.45) is 0 Å². The van der Waals surface area contributed by atoms with Gasteiger partial charge in [-0.1, -0.05) is 60.7 Å². The highest BCUT2D eigenvalue weighted by atomic mass is 16.7. The minimum Gasteiger partial charge on any atom is -0.459 e. The normalized spacial score (nSPS) is 21.4. The monoisotopic (exact) mass is 450 g/mol. The molecule has 2 aromatic rings. The van der Waals surface area contributed by atoms with Gasteiger partial charge in [0, 0.05) is 51.7 Å². The Kier molecular flexibility index (Phi) is 8.53. The molecule has 0 saturated carbocycles. The van der Waals surface area contributed by atoms with Crippen molar-refractivity contribution in [3.63, 3.8) is 0 Å². The number of aliphatic hydroxyl groups is 1. The van der Waals surface area contributed by atoms with Gasteiger partial charge in [-0.05, 0) is 30.0 Å². The van der Waals surface area contributed by atoms with Crippen molar-refractivity contribution < 1.29 is 19.4 Å². The highest BCUT2D eigenvalue weighted by Gasteiger charge is 2.32. The summed E-state index contributed by atoms with van der Waals surface area (Å²) >= 11 is 0. The third kappa shape index (κ3) is 6.67. The molecule has 0 aliphatic carbocycles. The van der Waals surface area contributed by atoms with E-state index in [2.05, 4.69) is 41.3 Å². The molecule has 33 heavy (non-hydrogen) atoms. The van der Waals surface area contributed by atoms with Gasteiger partial charge in [-0.15, -0.1) is 0 Å². The number of piperazine rings is 1. The van der Waals surface area contributed by atoms with Crippen LogP contribution in [0.3, 0.4) is 0 Å². The molecule has 1 saturated heterocycles. The topological polar surface area (TPSA) is 62.2 Å². The van der Waals surface area contributed by atoms with Gasteiger partial charge in [-0.25, -0.2) is 0 Å². The summed E-state index contributed by atoms with van der Waals surface area (Å²) in [4.78, 5) is 17.6. The first kappa shape index (κ1) is 23.5. The molecular weight excluding hydrogens is 416 g/mol. The lowest BCUT2D eigenvalue weighted by Gasteiger charge is -2.36. The van der Waals surface area contributed by atoms with Crippen molar-refractivity contribution in [1.29, 1.82) is 0 Å². The molecule has 6 heteroatoms. The van der Waals surface area contributed by atoms with E-state index in [1.54, 1.807) is 0 Å². The van der Waals surface area contributed by atoms with E-state index in [9.17, 15) is 4.79 Å². The van der Waals surface area contributed by atoms with Crippen LogP contribution in [0.25, 0.3) is 0 Å². The Morgan fingerprint density at radius 3 is 2.36 bits per heavy atom. The fourth-order valence-corrected chi connectivity index (χ4v) is 4.38. The summed E-state index contributed by atoms with van der Waals surface area (Å²) in [6.07, 6.45) is 3.64. The molecule has 1 N–H and O–H groups in total. The predicted octanol–water partition coefficient (Wildman–Crippen LogP) is 3.53. The van der Waals surface area contributed by atoms with E-state index < -0.39 is 6.29 Å². The molecule has 0 aromatic heterocycles. The molecule has 1 amide bonds. The Hall–Kier alpha value is -2.67. The quantitative estimate of drug-likeness (QED) is 0.592. The molecule has 0 bridgehead atoms. The van der Waals surface area contributed by atoms with Gasteiger partial charge < -0.3 is 19.5 Å².